The lowest BCUT2D eigenvalue weighted by molar-refractivity contribution is -0.136. The van der Waals surface area contributed by atoms with Crippen molar-refractivity contribution in [3.05, 3.63) is 35.4 Å². The van der Waals surface area contributed by atoms with E-state index in [0.29, 0.717) is 6.04 Å². The van der Waals surface area contributed by atoms with Crippen LogP contribution in [0.4, 0.5) is 0 Å². The van der Waals surface area contributed by atoms with Gasteiger partial charge in [-0.2, -0.15) is 0 Å². The number of rotatable bonds is 5. The lowest BCUT2D eigenvalue weighted by Gasteiger charge is -2.08. The third-order valence-corrected chi connectivity index (χ3v) is 2.62. The van der Waals surface area contributed by atoms with Crippen LogP contribution >= 0.6 is 0 Å². The van der Waals surface area contributed by atoms with Crippen molar-refractivity contribution in [1.29, 1.82) is 0 Å². The molecule has 0 aromatic heterocycles. The van der Waals surface area contributed by atoms with E-state index < -0.39 is 5.97 Å². The fourth-order valence-corrected chi connectivity index (χ4v) is 1.61. The van der Waals surface area contributed by atoms with Gasteiger partial charge in [0.1, 0.15) is 0 Å². The van der Waals surface area contributed by atoms with Gasteiger partial charge in [-0.15, -0.1) is 0 Å². The van der Waals surface area contributed by atoms with Crippen LogP contribution in [0.5, 0.6) is 0 Å². The second-order valence-electron chi connectivity index (χ2n) is 3.99. The van der Waals surface area contributed by atoms with Gasteiger partial charge in [0.25, 0.3) is 0 Å². The molecule has 2 N–H and O–H groups in total. The Morgan fingerprint density at radius 1 is 1.33 bits per heavy atom. The van der Waals surface area contributed by atoms with Crippen LogP contribution in [0.2, 0.25) is 0 Å². The number of carbonyl (C=O) groups is 1. The van der Waals surface area contributed by atoms with Crippen LogP contribution in [-0.2, 0) is 17.8 Å². The molecule has 1 aromatic rings. The Bertz CT molecular complexity index is 358. The molecule has 0 radical (unpaired) electrons. The fraction of sp³-hybridized carbons (Fsp3) is 0.417. The van der Waals surface area contributed by atoms with Gasteiger partial charge in [-0.25, -0.2) is 0 Å². The van der Waals surface area contributed by atoms with Gasteiger partial charge in [0.05, 0.1) is 6.42 Å². The molecule has 1 aliphatic rings. The number of carboxylic acids is 1. The first-order valence-corrected chi connectivity index (χ1v) is 5.27. The molecule has 3 nitrogen and oxygen atoms in total. The second-order valence-corrected chi connectivity index (χ2v) is 3.99. The summed E-state index contributed by atoms with van der Waals surface area (Å²) in [6, 6.07) is 8.38. The summed E-state index contributed by atoms with van der Waals surface area (Å²) in [6.07, 6.45) is 2.62. The third kappa shape index (κ3) is 3.06. The van der Waals surface area contributed by atoms with Crippen molar-refractivity contribution >= 4 is 5.97 Å². The van der Waals surface area contributed by atoms with E-state index >= 15 is 0 Å². The molecule has 15 heavy (non-hydrogen) atoms. The van der Waals surface area contributed by atoms with Crippen molar-refractivity contribution in [3.8, 4) is 0 Å². The number of nitrogens with one attached hydrogen (secondary N) is 1. The summed E-state index contributed by atoms with van der Waals surface area (Å²) in [5.74, 6) is -0.770. The molecular weight excluding hydrogens is 190 g/mol. The molecule has 0 amide bonds. The Morgan fingerprint density at radius 2 is 2.00 bits per heavy atom. The largest absolute Gasteiger partial charge is 0.481 e. The van der Waals surface area contributed by atoms with Gasteiger partial charge in [0.15, 0.2) is 0 Å². The molecule has 0 saturated heterocycles. The summed E-state index contributed by atoms with van der Waals surface area (Å²) in [4.78, 5) is 10.7. The molecule has 0 atom stereocenters. The van der Waals surface area contributed by atoms with Crippen LogP contribution in [0.3, 0.4) is 0 Å². The zero-order valence-electron chi connectivity index (χ0n) is 8.57. The Kier molecular flexibility index (Phi) is 3.02. The van der Waals surface area contributed by atoms with Crippen molar-refractivity contribution in [2.24, 2.45) is 0 Å². The van der Waals surface area contributed by atoms with E-state index in [1.807, 2.05) is 24.3 Å². The summed E-state index contributed by atoms with van der Waals surface area (Å²) < 4.78 is 0. The maximum absolute atomic E-state index is 10.7. The van der Waals surface area contributed by atoms with E-state index in [0.717, 1.165) is 17.7 Å². The topological polar surface area (TPSA) is 49.3 Å². The van der Waals surface area contributed by atoms with E-state index in [1.165, 1.54) is 12.8 Å². The van der Waals surface area contributed by atoms with Gasteiger partial charge >= 0.3 is 5.97 Å². The Balaban J connectivity index is 2.02. The minimum absolute atomic E-state index is 0.114. The van der Waals surface area contributed by atoms with E-state index in [4.69, 9.17) is 5.11 Å². The quantitative estimate of drug-likeness (QED) is 0.767. The highest BCUT2D eigenvalue weighted by molar-refractivity contribution is 5.70. The standard InChI is InChI=1S/C12H15NO2/c14-12(15)7-9-3-1-2-4-10(9)8-13-11-5-6-11/h1-4,11,13H,5-8H2,(H,14,15). The minimum atomic E-state index is -0.770. The van der Waals surface area contributed by atoms with Crippen LogP contribution in [0.15, 0.2) is 24.3 Å². The van der Waals surface area contributed by atoms with Gasteiger partial charge in [0.2, 0.25) is 0 Å². The second kappa shape index (κ2) is 4.45. The highest BCUT2D eigenvalue weighted by Gasteiger charge is 2.20. The Morgan fingerprint density at radius 3 is 2.60 bits per heavy atom. The fourth-order valence-electron chi connectivity index (χ4n) is 1.61. The predicted molar refractivity (Wildman–Crippen MR) is 57.6 cm³/mol. The Labute approximate surface area is 89.1 Å². The van der Waals surface area contributed by atoms with Crippen molar-refractivity contribution in [3.63, 3.8) is 0 Å². The average Bonchev–Trinajstić information content (AvgIpc) is 2.99. The van der Waals surface area contributed by atoms with Crippen molar-refractivity contribution in [2.75, 3.05) is 0 Å². The van der Waals surface area contributed by atoms with E-state index in [9.17, 15) is 4.79 Å². The van der Waals surface area contributed by atoms with Gasteiger partial charge in [-0.1, -0.05) is 24.3 Å². The first-order chi connectivity index (χ1) is 7.25. The number of hydrogen-bond acceptors (Lipinski definition) is 2. The molecule has 80 valence electrons. The molecule has 0 heterocycles. The first-order valence-electron chi connectivity index (χ1n) is 5.27. The zero-order valence-corrected chi connectivity index (χ0v) is 8.57. The molecule has 3 heteroatoms. The van der Waals surface area contributed by atoms with E-state index in [1.54, 1.807) is 0 Å². The molecule has 0 unspecified atom stereocenters. The van der Waals surface area contributed by atoms with Crippen molar-refractivity contribution < 1.29 is 9.90 Å². The highest BCUT2D eigenvalue weighted by Crippen LogP contribution is 2.20. The van der Waals surface area contributed by atoms with Crippen LogP contribution in [-0.4, -0.2) is 17.1 Å². The summed E-state index contributed by atoms with van der Waals surface area (Å²) in [7, 11) is 0. The molecular formula is C12H15NO2. The van der Waals surface area contributed by atoms with E-state index in [-0.39, 0.29) is 6.42 Å². The average molecular weight is 205 g/mol. The molecule has 2 rings (SSSR count). The van der Waals surface area contributed by atoms with Crippen LogP contribution in [0.1, 0.15) is 24.0 Å². The van der Waals surface area contributed by atoms with Crippen molar-refractivity contribution in [1.82, 2.24) is 5.32 Å². The van der Waals surface area contributed by atoms with Gasteiger partial charge in [0, 0.05) is 12.6 Å². The molecule has 0 aliphatic heterocycles. The summed E-state index contributed by atoms with van der Waals surface area (Å²) in [5.41, 5.74) is 2.02. The van der Waals surface area contributed by atoms with Crippen LogP contribution in [0.25, 0.3) is 0 Å². The number of benzene rings is 1. The maximum Gasteiger partial charge on any atom is 0.307 e. The lowest BCUT2D eigenvalue weighted by atomic mass is 10.0. The summed E-state index contributed by atoms with van der Waals surface area (Å²) in [6.45, 7) is 0.786. The number of aliphatic carboxylic acids is 1. The maximum atomic E-state index is 10.7. The van der Waals surface area contributed by atoms with Crippen molar-refractivity contribution in [2.45, 2.75) is 31.8 Å². The van der Waals surface area contributed by atoms with E-state index in [2.05, 4.69) is 5.32 Å². The zero-order chi connectivity index (χ0) is 10.7. The molecule has 1 saturated carbocycles. The molecule has 1 aliphatic carbocycles. The molecule has 1 fully saturated rings. The number of carboxylic acid groups (broad SMARTS) is 1. The minimum Gasteiger partial charge on any atom is -0.481 e. The van der Waals surface area contributed by atoms with Gasteiger partial charge in [-0.05, 0) is 24.0 Å². The van der Waals surface area contributed by atoms with Crippen LogP contribution in [0, 0.1) is 0 Å². The summed E-state index contributed by atoms with van der Waals surface area (Å²) in [5, 5.41) is 12.2. The predicted octanol–water partition coefficient (Wildman–Crippen LogP) is 1.57. The summed E-state index contributed by atoms with van der Waals surface area (Å²) >= 11 is 0. The molecule has 1 aromatic carbocycles. The third-order valence-electron chi connectivity index (χ3n) is 2.62. The monoisotopic (exact) mass is 205 g/mol. The first kappa shape index (κ1) is 10.2. The van der Waals surface area contributed by atoms with Gasteiger partial charge in [-0.3, -0.25) is 4.79 Å². The molecule has 0 bridgehead atoms. The number of hydrogen-bond donors (Lipinski definition) is 2. The Hall–Kier alpha value is -1.35. The SMILES string of the molecule is O=C(O)Cc1ccccc1CNC1CC1. The highest BCUT2D eigenvalue weighted by atomic mass is 16.4. The lowest BCUT2D eigenvalue weighted by Crippen LogP contribution is -2.17. The normalized spacial score (nSPS) is 15.2. The molecule has 0 spiro atoms. The van der Waals surface area contributed by atoms with Crippen LogP contribution < -0.4 is 5.32 Å². The smallest absolute Gasteiger partial charge is 0.307 e. The van der Waals surface area contributed by atoms with Gasteiger partial charge < -0.3 is 10.4 Å².